The van der Waals surface area contributed by atoms with Crippen molar-refractivity contribution in [1.82, 2.24) is 15.3 Å². The molecule has 3 N–H and O–H groups in total. The zero-order valence-corrected chi connectivity index (χ0v) is 17.9. The maximum absolute atomic E-state index is 12.1. The van der Waals surface area contributed by atoms with E-state index in [9.17, 15) is 18.0 Å². The van der Waals surface area contributed by atoms with Gasteiger partial charge in [0.05, 0.1) is 18.5 Å². The molecule has 0 aliphatic rings. The quantitative estimate of drug-likeness (QED) is 0.491. The van der Waals surface area contributed by atoms with E-state index in [1.54, 1.807) is 35.7 Å². The lowest BCUT2D eigenvalue weighted by Gasteiger charge is -2.05. The van der Waals surface area contributed by atoms with Gasteiger partial charge in [0.15, 0.2) is 5.13 Å². The Hall–Kier alpha value is -3.02. The molecule has 0 saturated carbocycles. The van der Waals surface area contributed by atoms with Gasteiger partial charge < -0.3 is 10.6 Å². The minimum Gasteiger partial charge on any atom is -0.342 e. The Labute approximate surface area is 181 Å². The lowest BCUT2D eigenvalue weighted by molar-refractivity contribution is -0.115. The van der Waals surface area contributed by atoms with Crippen LogP contribution in [0.15, 0.2) is 48.0 Å². The Morgan fingerprint density at radius 1 is 1.17 bits per heavy atom. The zero-order valence-electron chi connectivity index (χ0n) is 15.5. The molecule has 3 aromatic rings. The number of nitrogens with zero attached hydrogens (tertiary/aromatic N) is 2. The standard InChI is InChI=1S/C18H16ClN5O4S2/c1-30(27,28)24-13-4-2-11(3-5-13)15-10-29-18(22-15)23-16(25)9-21-17(26)14-8-12(19)6-7-20-14/h2-8,10,24H,9H2,1H3,(H,21,26)(H,22,23,25). The van der Waals surface area contributed by atoms with Crippen molar-refractivity contribution in [2.75, 3.05) is 22.8 Å². The second kappa shape index (κ2) is 9.20. The minimum atomic E-state index is -3.35. The second-order valence-electron chi connectivity index (χ2n) is 6.08. The summed E-state index contributed by atoms with van der Waals surface area (Å²) in [5.41, 5.74) is 1.93. The second-order valence-corrected chi connectivity index (χ2v) is 9.12. The third-order valence-electron chi connectivity index (χ3n) is 3.60. The van der Waals surface area contributed by atoms with Crippen LogP contribution >= 0.6 is 22.9 Å². The van der Waals surface area contributed by atoms with Crippen LogP contribution in [0.3, 0.4) is 0 Å². The van der Waals surface area contributed by atoms with E-state index in [0.29, 0.717) is 21.5 Å². The molecule has 30 heavy (non-hydrogen) atoms. The van der Waals surface area contributed by atoms with Crippen molar-refractivity contribution in [3.63, 3.8) is 0 Å². The number of pyridine rings is 1. The number of halogens is 1. The van der Waals surface area contributed by atoms with Crippen molar-refractivity contribution in [2.24, 2.45) is 0 Å². The van der Waals surface area contributed by atoms with Crippen LogP contribution < -0.4 is 15.4 Å². The topological polar surface area (TPSA) is 130 Å². The van der Waals surface area contributed by atoms with Crippen LogP contribution in [0, 0.1) is 0 Å². The highest BCUT2D eigenvalue weighted by atomic mass is 35.5. The molecule has 0 atom stereocenters. The van der Waals surface area contributed by atoms with Gasteiger partial charge in [0.25, 0.3) is 5.91 Å². The molecule has 12 heteroatoms. The lowest BCUT2D eigenvalue weighted by Crippen LogP contribution is -2.33. The van der Waals surface area contributed by atoms with E-state index in [2.05, 4.69) is 25.3 Å². The van der Waals surface area contributed by atoms with Crippen LogP contribution in [0.4, 0.5) is 10.8 Å². The Morgan fingerprint density at radius 2 is 1.90 bits per heavy atom. The molecule has 3 rings (SSSR count). The first-order chi connectivity index (χ1) is 14.2. The average Bonchev–Trinajstić information content (AvgIpc) is 3.14. The van der Waals surface area contributed by atoms with Gasteiger partial charge in [-0.2, -0.15) is 0 Å². The molecule has 0 aliphatic heterocycles. The first-order valence-corrected chi connectivity index (χ1v) is 11.6. The van der Waals surface area contributed by atoms with E-state index in [-0.39, 0.29) is 12.2 Å². The highest BCUT2D eigenvalue weighted by Crippen LogP contribution is 2.26. The molecule has 0 unspecified atom stereocenters. The minimum absolute atomic E-state index is 0.112. The molecule has 0 bridgehead atoms. The van der Waals surface area contributed by atoms with E-state index in [1.807, 2.05) is 0 Å². The Morgan fingerprint density at radius 3 is 2.57 bits per heavy atom. The van der Waals surface area contributed by atoms with Gasteiger partial charge in [-0.3, -0.25) is 19.3 Å². The van der Waals surface area contributed by atoms with Crippen molar-refractivity contribution in [3.05, 3.63) is 58.7 Å². The fourth-order valence-electron chi connectivity index (χ4n) is 2.33. The summed E-state index contributed by atoms with van der Waals surface area (Å²) in [5.74, 6) is -0.964. The fourth-order valence-corrected chi connectivity index (χ4v) is 3.79. The molecule has 0 saturated heterocycles. The van der Waals surface area contributed by atoms with E-state index in [4.69, 9.17) is 11.6 Å². The maximum atomic E-state index is 12.1. The molecular formula is C18H16ClN5O4S2. The maximum Gasteiger partial charge on any atom is 0.270 e. The van der Waals surface area contributed by atoms with E-state index < -0.39 is 21.8 Å². The number of benzene rings is 1. The number of rotatable bonds is 7. The summed E-state index contributed by atoms with van der Waals surface area (Å²) in [5, 5.41) is 7.55. The molecule has 156 valence electrons. The van der Waals surface area contributed by atoms with Gasteiger partial charge in [0, 0.05) is 27.9 Å². The number of thiazole rings is 1. The number of anilines is 2. The van der Waals surface area contributed by atoms with Crippen molar-refractivity contribution in [3.8, 4) is 11.3 Å². The highest BCUT2D eigenvalue weighted by Gasteiger charge is 2.12. The highest BCUT2D eigenvalue weighted by molar-refractivity contribution is 7.92. The van der Waals surface area contributed by atoms with Gasteiger partial charge in [-0.05, 0) is 24.3 Å². The molecule has 0 fully saturated rings. The van der Waals surface area contributed by atoms with Crippen LogP contribution in [0.1, 0.15) is 10.5 Å². The molecule has 2 heterocycles. The molecule has 9 nitrogen and oxygen atoms in total. The number of nitrogens with one attached hydrogen (secondary N) is 3. The lowest BCUT2D eigenvalue weighted by atomic mass is 10.1. The fraction of sp³-hybridized carbons (Fsp3) is 0.111. The first kappa shape index (κ1) is 21.7. The van der Waals surface area contributed by atoms with Gasteiger partial charge >= 0.3 is 0 Å². The van der Waals surface area contributed by atoms with Crippen LogP contribution in [-0.2, 0) is 14.8 Å². The predicted octanol–water partition coefficient (Wildman–Crippen LogP) is 2.60. The van der Waals surface area contributed by atoms with Crippen LogP contribution in [0.2, 0.25) is 5.02 Å². The number of aromatic nitrogens is 2. The zero-order chi connectivity index (χ0) is 21.7. The molecule has 1 aromatic carbocycles. The Balaban J connectivity index is 1.56. The third kappa shape index (κ3) is 6.24. The van der Waals surface area contributed by atoms with Crippen LogP contribution in [-0.4, -0.2) is 43.0 Å². The number of hydrogen-bond acceptors (Lipinski definition) is 7. The summed E-state index contributed by atoms with van der Waals surface area (Å²) in [6.45, 7) is -0.256. The van der Waals surface area contributed by atoms with Crippen LogP contribution in [0.5, 0.6) is 0 Å². The number of carbonyl (C=O) groups is 2. The normalized spacial score (nSPS) is 11.0. The Kier molecular flexibility index (Phi) is 6.65. The summed E-state index contributed by atoms with van der Waals surface area (Å²) in [4.78, 5) is 32.3. The third-order valence-corrected chi connectivity index (χ3v) is 5.20. The van der Waals surface area contributed by atoms with Crippen molar-refractivity contribution < 1.29 is 18.0 Å². The SMILES string of the molecule is CS(=O)(=O)Nc1ccc(-c2csc(NC(=O)CNC(=O)c3cc(Cl)ccn3)n2)cc1. The first-order valence-electron chi connectivity index (χ1n) is 8.43. The van der Waals surface area contributed by atoms with Gasteiger partial charge in [-0.25, -0.2) is 13.4 Å². The largest absolute Gasteiger partial charge is 0.342 e. The Bertz CT molecular complexity index is 1180. The molecule has 0 spiro atoms. The molecule has 0 aliphatic carbocycles. The summed E-state index contributed by atoms with van der Waals surface area (Å²) >= 11 is 7.03. The number of carbonyl (C=O) groups excluding carboxylic acids is 2. The van der Waals surface area contributed by atoms with Crippen molar-refractivity contribution in [2.45, 2.75) is 0 Å². The molecule has 2 amide bonds. The van der Waals surface area contributed by atoms with E-state index >= 15 is 0 Å². The smallest absolute Gasteiger partial charge is 0.270 e. The van der Waals surface area contributed by atoms with Gasteiger partial charge in [-0.15, -0.1) is 11.3 Å². The number of amides is 2. The van der Waals surface area contributed by atoms with Gasteiger partial charge in [0.1, 0.15) is 5.69 Å². The summed E-state index contributed by atoms with van der Waals surface area (Å²) in [7, 11) is -3.35. The number of hydrogen-bond donors (Lipinski definition) is 3. The molecule has 0 radical (unpaired) electrons. The van der Waals surface area contributed by atoms with Crippen molar-refractivity contribution >= 4 is 55.6 Å². The average molecular weight is 466 g/mol. The summed E-state index contributed by atoms with van der Waals surface area (Å²) in [6.07, 6.45) is 2.47. The summed E-state index contributed by atoms with van der Waals surface area (Å²) < 4.78 is 24.9. The summed E-state index contributed by atoms with van der Waals surface area (Å²) in [6, 6.07) is 9.61. The monoisotopic (exact) mass is 465 g/mol. The van der Waals surface area contributed by atoms with E-state index in [0.717, 1.165) is 11.8 Å². The van der Waals surface area contributed by atoms with Gasteiger partial charge in [0.2, 0.25) is 15.9 Å². The molecular weight excluding hydrogens is 450 g/mol. The van der Waals surface area contributed by atoms with Crippen LogP contribution in [0.25, 0.3) is 11.3 Å². The van der Waals surface area contributed by atoms with Crippen molar-refractivity contribution in [1.29, 1.82) is 0 Å². The van der Waals surface area contributed by atoms with E-state index in [1.165, 1.54) is 23.6 Å². The van der Waals surface area contributed by atoms with Gasteiger partial charge in [-0.1, -0.05) is 23.7 Å². The molecule has 2 aromatic heterocycles. The number of sulfonamides is 1. The predicted molar refractivity (Wildman–Crippen MR) is 116 cm³/mol.